The molecule has 1 aromatic rings. The van der Waals surface area contributed by atoms with E-state index in [0.29, 0.717) is 12.6 Å². The number of hydrogen-bond donors (Lipinski definition) is 2. The van der Waals surface area contributed by atoms with E-state index in [2.05, 4.69) is 15.6 Å². The highest BCUT2D eigenvalue weighted by Crippen LogP contribution is 2.20. The van der Waals surface area contributed by atoms with Crippen LogP contribution in [-0.4, -0.2) is 31.3 Å². The van der Waals surface area contributed by atoms with Crippen molar-refractivity contribution in [2.75, 3.05) is 13.2 Å². The van der Waals surface area contributed by atoms with Crippen LogP contribution < -0.4 is 15.4 Å². The van der Waals surface area contributed by atoms with Crippen molar-refractivity contribution in [2.45, 2.75) is 51.4 Å². The minimum absolute atomic E-state index is 0.203. The minimum Gasteiger partial charge on any atom is -0.484 e. The molecular formula is C17H24F3N3O. The van der Waals surface area contributed by atoms with Crippen LogP contribution in [0.4, 0.5) is 13.2 Å². The molecule has 0 aromatic heterocycles. The Hall–Kier alpha value is -1.92. The molecule has 0 unspecified atom stereocenters. The molecule has 1 aromatic carbocycles. The molecule has 0 amide bonds. The summed E-state index contributed by atoms with van der Waals surface area (Å²) >= 11 is 0. The molecule has 2 N–H and O–H groups in total. The molecule has 7 heteroatoms. The van der Waals surface area contributed by atoms with Crippen LogP contribution in [0.5, 0.6) is 5.75 Å². The van der Waals surface area contributed by atoms with Crippen LogP contribution in [0.15, 0.2) is 29.3 Å². The zero-order chi connectivity index (χ0) is 17.4. The minimum atomic E-state index is -4.34. The molecule has 1 fully saturated rings. The predicted octanol–water partition coefficient (Wildman–Crippen LogP) is 3.63. The van der Waals surface area contributed by atoms with Crippen LogP contribution in [0.1, 0.15) is 38.2 Å². The van der Waals surface area contributed by atoms with E-state index in [1.807, 2.05) is 13.0 Å². The van der Waals surface area contributed by atoms with E-state index in [9.17, 15) is 13.2 Å². The van der Waals surface area contributed by atoms with Gasteiger partial charge in [0, 0.05) is 12.6 Å². The van der Waals surface area contributed by atoms with Crippen molar-refractivity contribution < 1.29 is 17.9 Å². The third-order valence-electron chi connectivity index (χ3n) is 3.76. The maximum Gasteiger partial charge on any atom is 0.422 e. The summed E-state index contributed by atoms with van der Waals surface area (Å²) in [7, 11) is 0. The van der Waals surface area contributed by atoms with Crippen LogP contribution in [0.3, 0.4) is 0 Å². The van der Waals surface area contributed by atoms with Gasteiger partial charge in [-0.2, -0.15) is 13.2 Å². The summed E-state index contributed by atoms with van der Waals surface area (Å²) in [4.78, 5) is 4.51. The normalized spacial score (nSPS) is 16.2. The van der Waals surface area contributed by atoms with E-state index in [1.54, 1.807) is 12.1 Å². The lowest BCUT2D eigenvalue weighted by atomic mass is 10.2. The molecule has 2 rings (SSSR count). The summed E-state index contributed by atoms with van der Waals surface area (Å²) < 4.78 is 41.4. The fraction of sp³-hybridized carbons (Fsp3) is 0.588. The van der Waals surface area contributed by atoms with Crippen molar-refractivity contribution in [2.24, 2.45) is 4.99 Å². The molecule has 0 radical (unpaired) electrons. The number of alkyl halides is 3. The fourth-order valence-corrected chi connectivity index (χ4v) is 2.65. The van der Waals surface area contributed by atoms with Gasteiger partial charge in [-0.05, 0) is 37.5 Å². The Balaban J connectivity index is 1.94. The number of aliphatic imine (C=N–C) groups is 1. The van der Waals surface area contributed by atoms with Gasteiger partial charge in [0.2, 0.25) is 0 Å². The highest BCUT2D eigenvalue weighted by atomic mass is 19.4. The molecule has 0 heterocycles. The van der Waals surface area contributed by atoms with Gasteiger partial charge in [-0.1, -0.05) is 25.0 Å². The second-order valence-corrected chi connectivity index (χ2v) is 5.87. The Kier molecular flexibility index (Phi) is 6.75. The van der Waals surface area contributed by atoms with Crippen LogP contribution in [0.2, 0.25) is 0 Å². The monoisotopic (exact) mass is 343 g/mol. The predicted molar refractivity (Wildman–Crippen MR) is 88.2 cm³/mol. The maximum absolute atomic E-state index is 12.2. The molecule has 4 nitrogen and oxygen atoms in total. The second-order valence-electron chi connectivity index (χ2n) is 5.87. The number of halogens is 3. The topological polar surface area (TPSA) is 45.7 Å². The first-order valence-electron chi connectivity index (χ1n) is 8.29. The van der Waals surface area contributed by atoms with E-state index in [4.69, 9.17) is 4.74 Å². The molecule has 1 saturated carbocycles. The molecule has 0 atom stereocenters. The lowest BCUT2D eigenvalue weighted by Crippen LogP contribution is -2.42. The number of nitrogens with one attached hydrogen (secondary N) is 2. The van der Waals surface area contributed by atoms with E-state index in [1.165, 1.54) is 18.9 Å². The number of ether oxygens (including phenoxy) is 1. The Morgan fingerprint density at radius 3 is 2.71 bits per heavy atom. The number of benzene rings is 1. The Morgan fingerprint density at radius 1 is 1.29 bits per heavy atom. The molecule has 1 aliphatic carbocycles. The zero-order valence-electron chi connectivity index (χ0n) is 13.8. The first kappa shape index (κ1) is 18.4. The van der Waals surface area contributed by atoms with E-state index in [0.717, 1.165) is 30.9 Å². The van der Waals surface area contributed by atoms with Crippen molar-refractivity contribution in [3.05, 3.63) is 29.8 Å². The summed E-state index contributed by atoms with van der Waals surface area (Å²) in [6.07, 6.45) is 0.416. The molecular weight excluding hydrogens is 319 g/mol. The van der Waals surface area contributed by atoms with Crippen molar-refractivity contribution in [3.8, 4) is 5.75 Å². The average Bonchev–Trinajstić information content (AvgIpc) is 3.04. The Labute approximate surface area is 140 Å². The van der Waals surface area contributed by atoms with Crippen molar-refractivity contribution in [3.63, 3.8) is 0 Å². The molecule has 24 heavy (non-hydrogen) atoms. The first-order valence-corrected chi connectivity index (χ1v) is 8.29. The van der Waals surface area contributed by atoms with Crippen LogP contribution in [0.25, 0.3) is 0 Å². The van der Waals surface area contributed by atoms with Crippen molar-refractivity contribution in [1.82, 2.24) is 10.6 Å². The number of hydrogen-bond acceptors (Lipinski definition) is 2. The van der Waals surface area contributed by atoms with Gasteiger partial charge in [0.05, 0.1) is 6.54 Å². The molecule has 1 aliphatic rings. The molecule has 0 aliphatic heterocycles. The van der Waals surface area contributed by atoms with E-state index >= 15 is 0 Å². The van der Waals surface area contributed by atoms with E-state index in [-0.39, 0.29) is 5.75 Å². The lowest BCUT2D eigenvalue weighted by Gasteiger charge is -2.16. The number of guanidine groups is 1. The van der Waals surface area contributed by atoms with Gasteiger partial charge >= 0.3 is 6.18 Å². The molecule has 0 saturated heterocycles. The number of nitrogens with zero attached hydrogens (tertiary/aromatic N) is 1. The summed E-state index contributed by atoms with van der Waals surface area (Å²) in [5.74, 6) is 0.944. The summed E-state index contributed by atoms with van der Waals surface area (Å²) in [6.45, 7) is 1.85. The summed E-state index contributed by atoms with van der Waals surface area (Å²) in [6, 6.07) is 7.05. The van der Waals surface area contributed by atoms with Gasteiger partial charge < -0.3 is 15.4 Å². The van der Waals surface area contributed by atoms with Gasteiger partial charge in [0.15, 0.2) is 12.6 Å². The Morgan fingerprint density at radius 2 is 2.04 bits per heavy atom. The number of rotatable bonds is 6. The lowest BCUT2D eigenvalue weighted by molar-refractivity contribution is -0.153. The van der Waals surface area contributed by atoms with Crippen molar-refractivity contribution >= 4 is 5.96 Å². The standard InChI is InChI=1S/C17H24F3N3O/c1-2-21-16(23-14-7-3-4-8-14)22-11-13-6-5-9-15(10-13)24-12-17(18,19)20/h5-6,9-10,14H,2-4,7-8,11-12H2,1H3,(H2,21,22,23). The highest BCUT2D eigenvalue weighted by Gasteiger charge is 2.28. The zero-order valence-corrected chi connectivity index (χ0v) is 13.8. The second kappa shape index (κ2) is 8.80. The first-order chi connectivity index (χ1) is 11.5. The van der Waals surface area contributed by atoms with Crippen LogP contribution >= 0.6 is 0 Å². The van der Waals surface area contributed by atoms with Crippen LogP contribution in [0, 0.1) is 0 Å². The van der Waals surface area contributed by atoms with Crippen molar-refractivity contribution in [1.29, 1.82) is 0 Å². The maximum atomic E-state index is 12.2. The highest BCUT2D eigenvalue weighted by molar-refractivity contribution is 5.80. The Bertz CT molecular complexity index is 540. The quantitative estimate of drug-likeness (QED) is 0.612. The fourth-order valence-electron chi connectivity index (χ4n) is 2.65. The van der Waals surface area contributed by atoms with Gasteiger partial charge in [0.1, 0.15) is 5.75 Å². The largest absolute Gasteiger partial charge is 0.484 e. The summed E-state index contributed by atoms with van der Waals surface area (Å²) in [5, 5.41) is 6.60. The van der Waals surface area contributed by atoms with Crippen LogP contribution in [-0.2, 0) is 6.54 Å². The van der Waals surface area contributed by atoms with Gasteiger partial charge in [-0.25, -0.2) is 4.99 Å². The van der Waals surface area contributed by atoms with Gasteiger partial charge in [-0.15, -0.1) is 0 Å². The van der Waals surface area contributed by atoms with Gasteiger partial charge in [-0.3, -0.25) is 0 Å². The molecule has 0 bridgehead atoms. The molecule has 0 spiro atoms. The third-order valence-corrected chi connectivity index (χ3v) is 3.76. The van der Waals surface area contributed by atoms with Gasteiger partial charge in [0.25, 0.3) is 0 Å². The molecule has 134 valence electrons. The average molecular weight is 343 g/mol. The smallest absolute Gasteiger partial charge is 0.422 e. The third kappa shape index (κ3) is 6.68. The van der Waals surface area contributed by atoms with E-state index < -0.39 is 12.8 Å². The summed E-state index contributed by atoms with van der Waals surface area (Å²) in [5.41, 5.74) is 0.804. The SMILES string of the molecule is CCNC(=NCc1cccc(OCC(F)(F)F)c1)NC1CCCC1.